The Morgan fingerprint density at radius 3 is 2.55 bits per heavy atom. The molecule has 3 N–H and O–H groups in total. The van der Waals surface area contributed by atoms with Gasteiger partial charge < -0.3 is 11.1 Å². The molecule has 20 heavy (non-hydrogen) atoms. The van der Waals surface area contributed by atoms with Gasteiger partial charge in [0.1, 0.15) is 0 Å². The summed E-state index contributed by atoms with van der Waals surface area (Å²) in [5, 5.41) is 3.43. The fourth-order valence-corrected chi connectivity index (χ4v) is 2.96. The van der Waals surface area contributed by atoms with Gasteiger partial charge in [0.25, 0.3) is 0 Å². The number of amides is 1. The van der Waals surface area contributed by atoms with E-state index in [1.54, 1.807) is 11.8 Å². The highest BCUT2D eigenvalue weighted by atomic mass is 35.5. The monoisotopic (exact) mass is 306 g/mol. The average Bonchev–Trinajstić information content (AvgIpc) is 2.41. The van der Waals surface area contributed by atoms with E-state index >= 15 is 0 Å². The van der Waals surface area contributed by atoms with Crippen LogP contribution in [-0.2, 0) is 11.3 Å². The summed E-state index contributed by atoms with van der Waals surface area (Å²) < 4.78 is 0. The molecule has 0 aromatic heterocycles. The zero-order valence-electron chi connectivity index (χ0n) is 11.0. The smallest absolute Gasteiger partial charge is 0.221 e. The lowest BCUT2D eigenvalue weighted by molar-refractivity contribution is -0.114. The lowest BCUT2D eigenvalue weighted by Crippen LogP contribution is -2.05. The van der Waals surface area contributed by atoms with Crippen molar-refractivity contribution in [2.45, 2.75) is 23.3 Å². The third-order valence-electron chi connectivity index (χ3n) is 2.65. The van der Waals surface area contributed by atoms with Crippen LogP contribution in [0.4, 0.5) is 5.69 Å². The minimum absolute atomic E-state index is 0.0781. The van der Waals surface area contributed by atoms with Crippen molar-refractivity contribution in [2.24, 2.45) is 5.73 Å². The Morgan fingerprint density at radius 1 is 1.25 bits per heavy atom. The molecule has 2 rings (SSSR count). The summed E-state index contributed by atoms with van der Waals surface area (Å²) in [6.07, 6.45) is 0. The van der Waals surface area contributed by atoms with E-state index in [1.165, 1.54) is 6.92 Å². The highest BCUT2D eigenvalue weighted by molar-refractivity contribution is 7.99. The number of nitrogens with one attached hydrogen (secondary N) is 1. The van der Waals surface area contributed by atoms with Crippen molar-refractivity contribution in [3.05, 3.63) is 53.1 Å². The zero-order valence-corrected chi connectivity index (χ0v) is 12.6. The maximum Gasteiger partial charge on any atom is 0.221 e. The Labute approximate surface area is 127 Å². The van der Waals surface area contributed by atoms with Crippen LogP contribution in [0.15, 0.2) is 52.3 Å². The van der Waals surface area contributed by atoms with Gasteiger partial charge in [-0.25, -0.2) is 0 Å². The van der Waals surface area contributed by atoms with Crippen LogP contribution in [0, 0.1) is 0 Å². The Bertz CT molecular complexity index is 614. The molecule has 0 aliphatic carbocycles. The number of nitrogens with two attached hydrogens (primary N) is 1. The summed E-state index contributed by atoms with van der Waals surface area (Å²) in [4.78, 5) is 13.1. The molecule has 1 amide bonds. The molecule has 0 unspecified atom stereocenters. The predicted octanol–water partition coefficient (Wildman–Crippen LogP) is 3.91. The molecular weight excluding hydrogens is 292 g/mol. The number of rotatable bonds is 4. The Morgan fingerprint density at radius 2 is 1.95 bits per heavy atom. The first-order chi connectivity index (χ1) is 9.58. The second kappa shape index (κ2) is 6.79. The van der Waals surface area contributed by atoms with Crippen LogP contribution in [0.1, 0.15) is 12.5 Å². The van der Waals surface area contributed by atoms with Crippen molar-refractivity contribution < 1.29 is 4.79 Å². The van der Waals surface area contributed by atoms with Gasteiger partial charge in [0.15, 0.2) is 0 Å². The summed E-state index contributed by atoms with van der Waals surface area (Å²) in [7, 11) is 0. The molecule has 104 valence electrons. The van der Waals surface area contributed by atoms with Crippen LogP contribution in [-0.4, -0.2) is 5.91 Å². The largest absolute Gasteiger partial charge is 0.326 e. The molecule has 0 aliphatic rings. The molecule has 0 saturated heterocycles. The fraction of sp³-hybridized carbons (Fsp3) is 0.133. The van der Waals surface area contributed by atoms with Gasteiger partial charge in [-0.2, -0.15) is 0 Å². The van der Waals surface area contributed by atoms with Crippen LogP contribution in [0.3, 0.4) is 0 Å². The molecule has 0 fully saturated rings. The quantitative estimate of drug-likeness (QED) is 0.900. The molecule has 0 heterocycles. The second-order valence-corrected chi connectivity index (χ2v) is 5.82. The first-order valence-corrected chi connectivity index (χ1v) is 7.32. The van der Waals surface area contributed by atoms with Gasteiger partial charge in [-0.15, -0.1) is 0 Å². The molecule has 0 atom stereocenters. The number of hydrogen-bond donors (Lipinski definition) is 2. The van der Waals surface area contributed by atoms with E-state index in [2.05, 4.69) is 5.32 Å². The van der Waals surface area contributed by atoms with Crippen LogP contribution < -0.4 is 11.1 Å². The number of halogens is 1. The summed E-state index contributed by atoms with van der Waals surface area (Å²) in [5.41, 5.74) is 7.57. The molecule has 3 nitrogen and oxygen atoms in total. The molecule has 2 aromatic rings. The summed E-state index contributed by atoms with van der Waals surface area (Å²) in [5.74, 6) is -0.0781. The molecule has 5 heteroatoms. The van der Waals surface area contributed by atoms with Gasteiger partial charge in [-0.1, -0.05) is 29.4 Å². The van der Waals surface area contributed by atoms with Crippen LogP contribution in [0.5, 0.6) is 0 Å². The summed E-state index contributed by atoms with van der Waals surface area (Å²) >= 11 is 7.62. The minimum Gasteiger partial charge on any atom is -0.326 e. The van der Waals surface area contributed by atoms with Gasteiger partial charge in [-0.05, 0) is 42.0 Å². The van der Waals surface area contributed by atoms with E-state index in [0.29, 0.717) is 11.6 Å². The summed E-state index contributed by atoms with van der Waals surface area (Å²) in [6.45, 7) is 1.96. The van der Waals surface area contributed by atoms with E-state index < -0.39 is 0 Å². The van der Waals surface area contributed by atoms with Crippen molar-refractivity contribution in [3.8, 4) is 0 Å². The first-order valence-electron chi connectivity index (χ1n) is 6.12. The number of carbonyl (C=O) groups excluding carboxylic acids is 1. The topological polar surface area (TPSA) is 55.1 Å². The Balaban J connectivity index is 2.17. The van der Waals surface area contributed by atoms with Gasteiger partial charge in [0, 0.05) is 34.0 Å². The lowest BCUT2D eigenvalue weighted by Gasteiger charge is -2.09. The second-order valence-electron chi connectivity index (χ2n) is 4.26. The zero-order chi connectivity index (χ0) is 14.5. The van der Waals surface area contributed by atoms with Crippen molar-refractivity contribution in [1.82, 2.24) is 0 Å². The third-order valence-corrected chi connectivity index (χ3v) is 3.99. The van der Waals surface area contributed by atoms with Gasteiger partial charge >= 0.3 is 0 Å². The minimum atomic E-state index is -0.0781. The summed E-state index contributed by atoms with van der Waals surface area (Å²) in [6, 6.07) is 13.3. The first kappa shape index (κ1) is 14.9. The van der Waals surface area contributed by atoms with E-state index in [0.717, 1.165) is 21.0 Å². The fourth-order valence-electron chi connectivity index (χ4n) is 1.73. The normalized spacial score (nSPS) is 10.3. The van der Waals surface area contributed by atoms with Crippen molar-refractivity contribution in [2.75, 3.05) is 5.32 Å². The molecule has 0 radical (unpaired) electrons. The van der Waals surface area contributed by atoms with E-state index in [1.807, 2.05) is 42.5 Å². The number of hydrogen-bond acceptors (Lipinski definition) is 3. The molecule has 0 spiro atoms. The van der Waals surface area contributed by atoms with Gasteiger partial charge in [-0.3, -0.25) is 4.79 Å². The number of anilines is 1. The average molecular weight is 307 g/mol. The van der Waals surface area contributed by atoms with Crippen LogP contribution in [0.2, 0.25) is 5.02 Å². The van der Waals surface area contributed by atoms with Crippen LogP contribution in [0.25, 0.3) is 0 Å². The Hall–Kier alpha value is -1.49. The molecular formula is C15H15ClN2OS. The molecule has 0 saturated carbocycles. The maximum atomic E-state index is 11.0. The number of carbonyl (C=O) groups is 1. The number of benzene rings is 2. The standard InChI is InChI=1S/C15H15ClN2OS/c1-10(19)18-13-4-6-14(7-5-13)20-15-8-12(16)3-2-11(15)9-17/h2-8H,9,17H2,1H3,(H,18,19). The highest BCUT2D eigenvalue weighted by Gasteiger charge is 2.05. The maximum absolute atomic E-state index is 11.0. The SMILES string of the molecule is CC(=O)Nc1ccc(Sc2cc(Cl)ccc2CN)cc1. The van der Waals surface area contributed by atoms with Crippen molar-refractivity contribution >= 4 is 35.0 Å². The molecule has 0 bridgehead atoms. The lowest BCUT2D eigenvalue weighted by atomic mass is 10.2. The molecule has 2 aromatic carbocycles. The van der Waals surface area contributed by atoms with Gasteiger partial charge in [0.2, 0.25) is 5.91 Å². The van der Waals surface area contributed by atoms with E-state index in [-0.39, 0.29) is 5.91 Å². The Kier molecular flexibility index (Phi) is 5.06. The van der Waals surface area contributed by atoms with Crippen LogP contribution >= 0.6 is 23.4 Å². The predicted molar refractivity (Wildman–Crippen MR) is 84.2 cm³/mol. The highest BCUT2D eigenvalue weighted by Crippen LogP contribution is 2.32. The van der Waals surface area contributed by atoms with E-state index in [4.69, 9.17) is 17.3 Å². The third kappa shape index (κ3) is 4.00. The van der Waals surface area contributed by atoms with Crippen molar-refractivity contribution in [3.63, 3.8) is 0 Å². The molecule has 0 aliphatic heterocycles. The van der Waals surface area contributed by atoms with Crippen molar-refractivity contribution in [1.29, 1.82) is 0 Å². The van der Waals surface area contributed by atoms with E-state index in [9.17, 15) is 4.79 Å². The van der Waals surface area contributed by atoms with Gasteiger partial charge in [0.05, 0.1) is 0 Å².